The molecule has 0 aromatic heterocycles. The number of hydrogen-bond donors (Lipinski definition) is 2. The van der Waals surface area contributed by atoms with Gasteiger partial charge in [0.05, 0.1) is 24.6 Å². The van der Waals surface area contributed by atoms with E-state index < -0.39 is 0 Å². The Morgan fingerprint density at radius 1 is 1.35 bits per heavy atom. The minimum Gasteiger partial charge on any atom is -0.489 e. The molecule has 1 aromatic carbocycles. The molecule has 0 aliphatic carbocycles. The number of hydrogen-bond acceptors (Lipinski definition) is 5. The van der Waals surface area contributed by atoms with Crippen molar-refractivity contribution >= 4 is 17.3 Å². The van der Waals surface area contributed by atoms with Gasteiger partial charge in [-0.1, -0.05) is 0 Å². The van der Waals surface area contributed by atoms with E-state index in [2.05, 4.69) is 5.32 Å². The molecule has 0 radical (unpaired) electrons. The van der Waals surface area contributed by atoms with Gasteiger partial charge in [0.15, 0.2) is 11.5 Å². The first-order valence-corrected chi connectivity index (χ1v) is 6.68. The van der Waals surface area contributed by atoms with Gasteiger partial charge in [-0.2, -0.15) is 0 Å². The smallest absolute Gasteiger partial charge is 0.224 e. The molecule has 0 fully saturated rings. The van der Waals surface area contributed by atoms with Crippen LogP contribution in [-0.4, -0.2) is 32.8 Å². The third kappa shape index (κ3) is 3.77. The molecular weight excluding hydrogens is 260 g/mol. The van der Waals surface area contributed by atoms with Gasteiger partial charge in [-0.05, 0) is 6.42 Å². The molecule has 110 valence electrons. The molecule has 1 heterocycles. The average Bonchev–Trinajstić information content (AvgIpc) is 2.64. The highest BCUT2D eigenvalue weighted by Gasteiger charge is 2.14. The number of rotatable bonds is 5. The predicted molar refractivity (Wildman–Crippen MR) is 76.2 cm³/mol. The summed E-state index contributed by atoms with van der Waals surface area (Å²) in [6.45, 7) is 1.76. The van der Waals surface area contributed by atoms with Crippen molar-refractivity contribution in [2.75, 3.05) is 38.0 Å². The number of methoxy groups -OCH3 is 1. The molecule has 0 unspecified atom stereocenters. The molecule has 20 heavy (non-hydrogen) atoms. The molecule has 1 amide bonds. The number of amides is 1. The van der Waals surface area contributed by atoms with Crippen molar-refractivity contribution < 1.29 is 19.0 Å². The molecule has 0 spiro atoms. The molecule has 0 saturated heterocycles. The standard InChI is InChI=1S/C14H20N2O4/c1-18-5-2-4-14(17)16-11-9-13-12(8-10(11)15)19-6-3-7-20-13/h8-9H,2-7,15H2,1H3,(H,16,17). The third-order valence-electron chi connectivity index (χ3n) is 2.95. The first kappa shape index (κ1) is 14.5. The van der Waals surface area contributed by atoms with Gasteiger partial charge < -0.3 is 25.3 Å². The minimum absolute atomic E-state index is 0.0942. The molecule has 6 heteroatoms. The summed E-state index contributed by atoms with van der Waals surface area (Å²) in [6.07, 6.45) is 1.89. The molecule has 1 aromatic rings. The van der Waals surface area contributed by atoms with Crippen LogP contribution in [0.4, 0.5) is 11.4 Å². The summed E-state index contributed by atoms with van der Waals surface area (Å²) < 4.78 is 16.0. The van der Waals surface area contributed by atoms with E-state index >= 15 is 0 Å². The number of fused-ring (bicyclic) bond motifs is 1. The van der Waals surface area contributed by atoms with Gasteiger partial charge in [-0.15, -0.1) is 0 Å². The number of anilines is 2. The highest BCUT2D eigenvalue weighted by atomic mass is 16.5. The fourth-order valence-electron chi connectivity index (χ4n) is 1.92. The van der Waals surface area contributed by atoms with Crippen molar-refractivity contribution in [3.63, 3.8) is 0 Å². The normalized spacial score (nSPS) is 13.7. The molecule has 0 saturated carbocycles. The summed E-state index contributed by atoms with van der Waals surface area (Å²) in [5.74, 6) is 1.14. The highest BCUT2D eigenvalue weighted by molar-refractivity contribution is 5.94. The lowest BCUT2D eigenvalue weighted by atomic mass is 10.2. The molecule has 6 nitrogen and oxygen atoms in total. The second kappa shape index (κ2) is 7.00. The molecule has 3 N–H and O–H groups in total. The van der Waals surface area contributed by atoms with Crippen LogP contribution in [-0.2, 0) is 9.53 Å². The van der Waals surface area contributed by atoms with Crippen molar-refractivity contribution in [1.29, 1.82) is 0 Å². The van der Waals surface area contributed by atoms with E-state index in [4.69, 9.17) is 19.9 Å². The zero-order chi connectivity index (χ0) is 14.4. The van der Waals surface area contributed by atoms with E-state index in [1.54, 1.807) is 19.2 Å². The lowest BCUT2D eigenvalue weighted by molar-refractivity contribution is -0.116. The first-order valence-electron chi connectivity index (χ1n) is 6.68. The van der Waals surface area contributed by atoms with Crippen molar-refractivity contribution in [3.05, 3.63) is 12.1 Å². The van der Waals surface area contributed by atoms with Gasteiger partial charge >= 0.3 is 0 Å². The fourth-order valence-corrected chi connectivity index (χ4v) is 1.92. The fraction of sp³-hybridized carbons (Fsp3) is 0.500. The number of carbonyl (C=O) groups is 1. The number of nitrogens with two attached hydrogens (primary N) is 1. The molecule has 2 rings (SSSR count). The molecule has 0 atom stereocenters. The Hall–Kier alpha value is -1.95. The molecule has 1 aliphatic rings. The highest BCUT2D eigenvalue weighted by Crippen LogP contribution is 2.36. The number of benzene rings is 1. The van der Waals surface area contributed by atoms with E-state index in [1.165, 1.54) is 0 Å². The van der Waals surface area contributed by atoms with Gasteiger partial charge in [-0.25, -0.2) is 0 Å². The average molecular weight is 280 g/mol. The molecule has 1 aliphatic heterocycles. The summed E-state index contributed by atoms with van der Waals surface area (Å²) in [4.78, 5) is 11.8. The third-order valence-corrected chi connectivity index (χ3v) is 2.95. The SMILES string of the molecule is COCCCC(=O)Nc1cc2c(cc1N)OCCCO2. The van der Waals surface area contributed by atoms with Crippen LogP contribution in [0.3, 0.4) is 0 Å². The Morgan fingerprint density at radius 2 is 2.05 bits per heavy atom. The van der Waals surface area contributed by atoms with Crippen molar-refractivity contribution in [3.8, 4) is 11.5 Å². The summed E-state index contributed by atoms with van der Waals surface area (Å²) in [5.41, 5.74) is 6.94. The van der Waals surface area contributed by atoms with Crippen LogP contribution in [0, 0.1) is 0 Å². The summed E-state index contributed by atoms with van der Waals surface area (Å²) in [7, 11) is 1.61. The maximum Gasteiger partial charge on any atom is 0.224 e. The second-order valence-electron chi connectivity index (χ2n) is 4.58. The number of nitrogens with one attached hydrogen (secondary N) is 1. The maximum absolute atomic E-state index is 11.8. The van der Waals surface area contributed by atoms with Crippen LogP contribution in [0.25, 0.3) is 0 Å². The van der Waals surface area contributed by atoms with Gasteiger partial charge in [0.25, 0.3) is 0 Å². The van der Waals surface area contributed by atoms with E-state index in [0.717, 1.165) is 6.42 Å². The van der Waals surface area contributed by atoms with Crippen LogP contribution in [0.1, 0.15) is 19.3 Å². The van der Waals surface area contributed by atoms with E-state index in [-0.39, 0.29) is 5.91 Å². The monoisotopic (exact) mass is 280 g/mol. The van der Waals surface area contributed by atoms with E-state index in [0.29, 0.717) is 55.5 Å². The largest absolute Gasteiger partial charge is 0.489 e. The van der Waals surface area contributed by atoms with Crippen LogP contribution < -0.4 is 20.5 Å². The Balaban J connectivity index is 2.04. The van der Waals surface area contributed by atoms with Crippen molar-refractivity contribution in [2.24, 2.45) is 0 Å². The summed E-state index contributed by atoms with van der Waals surface area (Å²) in [5, 5.41) is 2.78. The van der Waals surface area contributed by atoms with E-state index in [1.807, 2.05) is 0 Å². The van der Waals surface area contributed by atoms with Gasteiger partial charge in [-0.3, -0.25) is 4.79 Å². The van der Waals surface area contributed by atoms with Gasteiger partial charge in [0.2, 0.25) is 5.91 Å². The van der Waals surface area contributed by atoms with Crippen LogP contribution in [0.5, 0.6) is 11.5 Å². The van der Waals surface area contributed by atoms with Gasteiger partial charge in [0.1, 0.15) is 0 Å². The topological polar surface area (TPSA) is 82.8 Å². The maximum atomic E-state index is 11.8. The Bertz CT molecular complexity index is 476. The number of carbonyl (C=O) groups excluding carboxylic acids is 1. The summed E-state index contributed by atoms with van der Waals surface area (Å²) >= 11 is 0. The van der Waals surface area contributed by atoms with Gasteiger partial charge in [0, 0.05) is 38.7 Å². The van der Waals surface area contributed by atoms with Crippen LogP contribution in [0.15, 0.2) is 12.1 Å². The predicted octanol–water partition coefficient (Wildman–Crippen LogP) is 1.80. The first-order chi connectivity index (χ1) is 9.70. The second-order valence-corrected chi connectivity index (χ2v) is 4.58. The number of nitrogen functional groups attached to an aromatic ring is 1. The van der Waals surface area contributed by atoms with E-state index in [9.17, 15) is 4.79 Å². The summed E-state index contributed by atoms with van der Waals surface area (Å²) in [6, 6.07) is 3.40. The Labute approximate surface area is 118 Å². The lowest BCUT2D eigenvalue weighted by Crippen LogP contribution is -2.13. The Kier molecular flexibility index (Phi) is 5.06. The zero-order valence-corrected chi connectivity index (χ0v) is 11.6. The minimum atomic E-state index is -0.0942. The van der Waals surface area contributed by atoms with Crippen LogP contribution in [0.2, 0.25) is 0 Å². The van der Waals surface area contributed by atoms with Crippen molar-refractivity contribution in [2.45, 2.75) is 19.3 Å². The molecule has 0 bridgehead atoms. The lowest BCUT2D eigenvalue weighted by Gasteiger charge is -2.13. The Morgan fingerprint density at radius 3 is 2.75 bits per heavy atom. The molecular formula is C14H20N2O4. The quantitative estimate of drug-likeness (QED) is 0.634. The van der Waals surface area contributed by atoms with Crippen LogP contribution >= 0.6 is 0 Å². The van der Waals surface area contributed by atoms with Crippen molar-refractivity contribution in [1.82, 2.24) is 0 Å². The zero-order valence-electron chi connectivity index (χ0n) is 11.6. The number of ether oxygens (including phenoxy) is 3.